The third-order valence-electron chi connectivity index (χ3n) is 1.23. The molecule has 0 rings (SSSR count). The molecule has 0 aliphatic rings. The molecule has 0 aliphatic carbocycles. The van der Waals surface area contributed by atoms with Crippen LogP contribution in [0.5, 0.6) is 0 Å². The van der Waals surface area contributed by atoms with Crippen molar-refractivity contribution >= 4 is 47.7 Å². The molecule has 25 heavy (non-hydrogen) atoms. The maximum atomic E-state index is 11.8. The van der Waals surface area contributed by atoms with Gasteiger partial charge in [0, 0.05) is 13.0 Å². The number of hydrogen-bond donors (Lipinski definition) is 0. The molecule has 0 aromatic heterocycles. The van der Waals surface area contributed by atoms with Crippen LogP contribution in [0.2, 0.25) is 0 Å². The summed E-state index contributed by atoms with van der Waals surface area (Å²) in [6.07, 6.45) is 1.45. The Morgan fingerprint density at radius 3 is 1.40 bits per heavy atom. The van der Waals surface area contributed by atoms with Crippen molar-refractivity contribution in [2.75, 3.05) is 12.5 Å². The Morgan fingerprint density at radius 2 is 1.24 bits per heavy atom. The average Bonchev–Trinajstić information content (AvgIpc) is 2.22. The topological polar surface area (TPSA) is 141 Å². The van der Waals surface area contributed by atoms with E-state index in [9.17, 15) is 51.6 Å². The Hall–Kier alpha value is 0.846. The largest absolute Gasteiger partial charge is 1.00 e. The number of nitrogens with zero attached hydrogens (tertiary/aromatic N) is 3. The van der Waals surface area contributed by atoms with Crippen LogP contribution in [-0.4, -0.2) is 55.5 Å². The van der Waals surface area contributed by atoms with E-state index in [4.69, 9.17) is 0 Å². The van der Waals surface area contributed by atoms with E-state index in [1.807, 2.05) is 4.40 Å². The van der Waals surface area contributed by atoms with Gasteiger partial charge in [-0.15, -0.1) is 3.77 Å². The van der Waals surface area contributed by atoms with Crippen LogP contribution < -0.4 is 51.4 Å². The van der Waals surface area contributed by atoms with Crippen molar-refractivity contribution in [2.24, 2.45) is 8.17 Å². The quantitative estimate of drug-likeness (QED) is 0.257. The van der Waals surface area contributed by atoms with E-state index in [0.717, 1.165) is 6.26 Å². The van der Waals surface area contributed by atoms with Gasteiger partial charge in [0.25, 0.3) is 0 Å². The van der Waals surface area contributed by atoms with Crippen molar-refractivity contribution in [3.63, 3.8) is 0 Å². The smallest absolute Gasteiger partial charge is 0.481 e. The summed E-state index contributed by atoms with van der Waals surface area (Å²) in [5.41, 5.74) is -11.0. The molecule has 0 radical (unpaired) electrons. The zero-order valence-corrected chi connectivity index (χ0v) is 18.8. The van der Waals surface area contributed by atoms with E-state index < -0.39 is 52.0 Å². The molecular weight excluding hydrogens is 479 g/mol. The first-order valence-electron chi connectivity index (χ1n) is 4.59. The molecule has 2 unspecified atom stereocenters. The Kier molecular flexibility index (Phi) is 12.7. The van der Waals surface area contributed by atoms with E-state index in [1.54, 1.807) is 0 Å². The number of hydrogen-bond acceptors (Lipinski definition) is 6. The predicted molar refractivity (Wildman–Crippen MR) is 73.4 cm³/mol. The molecule has 20 heteroatoms. The second kappa shape index (κ2) is 10.4. The van der Waals surface area contributed by atoms with Gasteiger partial charge in [-0.3, -0.25) is 8.42 Å². The molecule has 0 aromatic rings. The Morgan fingerprint density at radius 1 is 0.920 bits per heavy atom. The normalized spacial score (nSPS) is 16.3. The number of rotatable bonds is 4. The van der Waals surface area contributed by atoms with Crippen LogP contribution in [0.25, 0.3) is 4.13 Å². The van der Waals surface area contributed by atoms with Gasteiger partial charge in [-0.05, 0) is 16.2 Å². The summed E-state index contributed by atoms with van der Waals surface area (Å²) in [5.74, 6) is 0. The Balaban J connectivity index is -0.000000418. The van der Waals surface area contributed by atoms with E-state index in [-0.39, 0.29) is 51.4 Å². The minimum atomic E-state index is -5.88. The summed E-state index contributed by atoms with van der Waals surface area (Å²) < 4.78 is 137. The average molecular weight is 487 g/mol. The Labute approximate surface area is 184 Å². The first-order valence-corrected chi connectivity index (χ1v) is 10.9. The van der Waals surface area contributed by atoms with Crippen LogP contribution in [0, 0.1) is 0 Å². The summed E-state index contributed by atoms with van der Waals surface area (Å²) in [6, 6.07) is 0. The van der Waals surface area contributed by atoms with Crippen LogP contribution >= 0.6 is 0 Å². The minimum Gasteiger partial charge on any atom is -0.481 e. The monoisotopic (exact) mass is 487 g/mol. The summed E-state index contributed by atoms with van der Waals surface area (Å²) >= 11 is 0. The summed E-state index contributed by atoms with van der Waals surface area (Å²) in [5, 5.41) is 0. The molecule has 9 nitrogen and oxygen atoms in total. The van der Waals surface area contributed by atoms with E-state index in [0.29, 0.717) is 6.26 Å². The molecule has 146 valence electrons. The van der Waals surface area contributed by atoms with Crippen LogP contribution in [0.1, 0.15) is 0 Å². The van der Waals surface area contributed by atoms with Crippen molar-refractivity contribution < 1.29 is 103 Å². The maximum Gasteiger partial charge on any atom is 1.00 e. The third-order valence-corrected chi connectivity index (χ3v) is 6.58. The molecule has 0 saturated carbocycles. The zero-order valence-electron chi connectivity index (χ0n) is 12.4. The molecule has 2 atom stereocenters. The van der Waals surface area contributed by atoms with Crippen molar-refractivity contribution in [2.45, 2.75) is 11.0 Å². The van der Waals surface area contributed by atoms with Gasteiger partial charge in [-0.25, -0.2) is 0 Å². The second-order valence-corrected chi connectivity index (χ2v) is 9.96. The number of sulfonamides is 2. The molecular formula is C5H8F6KN3O6S4. The molecule has 0 spiro atoms. The first-order chi connectivity index (χ1) is 10.2. The van der Waals surface area contributed by atoms with Gasteiger partial charge in [0.1, 0.15) is 0 Å². The van der Waals surface area contributed by atoms with Gasteiger partial charge in [0.15, 0.2) is 0 Å². The van der Waals surface area contributed by atoms with Gasteiger partial charge < -0.3 is 4.13 Å². The summed E-state index contributed by atoms with van der Waals surface area (Å²) in [6.45, 7) is 2.24. The fourth-order valence-electron chi connectivity index (χ4n) is 0.506. The predicted octanol–water partition coefficient (Wildman–Crippen LogP) is -1.94. The zero-order chi connectivity index (χ0) is 20.2. The molecule has 0 aliphatic heterocycles. The SMILES string of the molecule is C=NS(=O)(=O)C(F)(F)F.CS(=O)[N-]S(C)(=O)=NS(=O)(=O)C(F)(F)F.[K+]. The standard InChI is InChI=1S/C3H6F3N2O4S3.C2H2F3NO2S.K/c1-13(9)7-14(2,10)8-15(11,12)3(4,5)6;1-6-9(7,8)2(3,4)5;/h1-2H3;1H2;/q-1;;+1. The molecule has 0 amide bonds. The molecule has 0 bridgehead atoms. The molecule has 0 N–H and O–H groups in total. The number of halogens is 6. The fraction of sp³-hybridized carbons (Fsp3) is 0.800. The van der Waals surface area contributed by atoms with Gasteiger partial charge in [0.05, 0.1) is 0 Å². The van der Waals surface area contributed by atoms with E-state index in [1.165, 1.54) is 0 Å². The van der Waals surface area contributed by atoms with Gasteiger partial charge in [-0.1, -0.05) is 11.0 Å². The van der Waals surface area contributed by atoms with E-state index in [2.05, 4.69) is 14.6 Å². The van der Waals surface area contributed by atoms with Crippen LogP contribution in [0.15, 0.2) is 8.17 Å². The van der Waals surface area contributed by atoms with Crippen molar-refractivity contribution in [1.82, 2.24) is 0 Å². The molecule has 0 saturated heterocycles. The third kappa shape index (κ3) is 12.0. The Bertz CT molecular complexity index is 809. The van der Waals surface area contributed by atoms with Crippen molar-refractivity contribution in [1.29, 1.82) is 0 Å². The van der Waals surface area contributed by atoms with Crippen molar-refractivity contribution in [3.8, 4) is 0 Å². The fourth-order valence-corrected chi connectivity index (χ4v) is 4.36. The minimum absolute atomic E-state index is 0. The first kappa shape index (κ1) is 30.6. The van der Waals surface area contributed by atoms with E-state index >= 15 is 0 Å². The molecule has 0 aromatic carbocycles. The van der Waals surface area contributed by atoms with Gasteiger partial charge in [0.2, 0.25) is 0 Å². The van der Waals surface area contributed by atoms with Gasteiger partial charge >= 0.3 is 82.4 Å². The van der Waals surface area contributed by atoms with Crippen LogP contribution in [0.4, 0.5) is 26.3 Å². The maximum absolute atomic E-state index is 11.8. The molecule has 0 fully saturated rings. The summed E-state index contributed by atoms with van der Waals surface area (Å²) in [7, 11) is -17.3. The van der Waals surface area contributed by atoms with Gasteiger partial charge in [-0.2, -0.15) is 47.6 Å². The molecule has 0 heterocycles. The summed E-state index contributed by atoms with van der Waals surface area (Å²) in [4.78, 5) is 0. The second-order valence-electron chi connectivity index (χ2n) is 3.31. The number of alkyl halides is 6. The van der Waals surface area contributed by atoms with Crippen LogP contribution in [-0.2, 0) is 40.9 Å². The van der Waals surface area contributed by atoms with Crippen LogP contribution in [0.3, 0.4) is 0 Å². The van der Waals surface area contributed by atoms with Crippen molar-refractivity contribution in [3.05, 3.63) is 4.13 Å².